The van der Waals surface area contributed by atoms with Crippen LogP contribution in [0.3, 0.4) is 0 Å². The van der Waals surface area contributed by atoms with Gasteiger partial charge in [0.1, 0.15) is 12.4 Å². The molecule has 0 bridgehead atoms. The van der Waals surface area contributed by atoms with Gasteiger partial charge < -0.3 is 9.62 Å². The second-order valence-electron chi connectivity index (χ2n) is 2.95. The molecule has 0 heterocycles. The molecule has 0 fully saturated rings. The van der Waals surface area contributed by atoms with Crippen molar-refractivity contribution >= 4 is 9.84 Å². The predicted octanol–water partition coefficient (Wildman–Crippen LogP) is 1.04. The van der Waals surface area contributed by atoms with Crippen LogP contribution < -0.4 is 0 Å². The lowest BCUT2D eigenvalue weighted by molar-refractivity contribution is -0.285. The van der Waals surface area contributed by atoms with Crippen molar-refractivity contribution in [1.29, 1.82) is 0 Å². The lowest BCUT2D eigenvalue weighted by atomic mass is 10.4. The molecule has 0 aromatic rings. The van der Waals surface area contributed by atoms with Crippen LogP contribution in [0.25, 0.3) is 0 Å². The summed E-state index contributed by atoms with van der Waals surface area (Å²) in [6.45, 7) is 2.21. The van der Waals surface area contributed by atoms with Gasteiger partial charge in [-0.3, -0.25) is 0 Å². The van der Waals surface area contributed by atoms with Crippen LogP contribution in [0.1, 0.15) is 6.92 Å². The van der Waals surface area contributed by atoms with E-state index in [1.165, 1.54) is 18.4 Å². The van der Waals surface area contributed by atoms with E-state index < -0.39 is 9.84 Å². The highest BCUT2D eigenvalue weighted by Crippen LogP contribution is 1.93. The summed E-state index contributed by atoms with van der Waals surface area (Å²) in [7, 11) is -1.52. The molecule has 0 amide bonds. The molecule has 5 nitrogen and oxygen atoms in total. The molecule has 0 aromatic carbocycles. The number of ether oxygens (including phenoxy) is 1. The van der Waals surface area contributed by atoms with Gasteiger partial charge in [0, 0.05) is 18.8 Å². The summed E-state index contributed by atoms with van der Waals surface area (Å²) in [5, 5.41) is 1.06. The highest BCUT2D eigenvalue weighted by molar-refractivity contribution is 7.93. The Hall–Kier alpha value is -0.850. The van der Waals surface area contributed by atoms with Crippen molar-refractivity contribution in [2.75, 3.05) is 20.0 Å². The summed E-state index contributed by atoms with van der Waals surface area (Å²) >= 11 is 0. The third-order valence-electron chi connectivity index (χ3n) is 1.19. The lowest BCUT2D eigenvalue weighted by Crippen LogP contribution is -2.13. The first-order valence-corrected chi connectivity index (χ1v) is 6.25. The molecule has 0 spiro atoms. The van der Waals surface area contributed by atoms with E-state index in [2.05, 4.69) is 4.89 Å². The van der Waals surface area contributed by atoms with E-state index in [0.717, 1.165) is 11.7 Å². The molecule has 15 heavy (non-hydrogen) atoms. The maximum absolute atomic E-state index is 10.6. The number of hydrogen-bond donors (Lipinski definition) is 0. The Labute approximate surface area is 90.2 Å². The molecule has 0 saturated carbocycles. The molecule has 0 aliphatic heterocycles. The monoisotopic (exact) mass is 236 g/mol. The second-order valence-corrected chi connectivity index (χ2v) is 4.88. The van der Waals surface area contributed by atoms with Crippen LogP contribution >= 0.6 is 0 Å². The van der Waals surface area contributed by atoms with E-state index in [4.69, 9.17) is 9.62 Å². The number of methoxy groups -OCH3 is 1. The van der Waals surface area contributed by atoms with Crippen LogP contribution in [0.4, 0.5) is 0 Å². The smallest absolute Gasteiger partial charge is 0.168 e. The fourth-order valence-electron chi connectivity index (χ4n) is 0.655. The largest absolute Gasteiger partial charge is 0.382 e. The summed E-state index contributed by atoms with van der Waals surface area (Å²) in [5.41, 5.74) is 0. The number of allylic oxidation sites excluding steroid dienone is 2. The Bertz CT molecular complexity index is 304. The molecule has 0 radical (unpaired) electrons. The Balaban J connectivity index is 3.69. The molecule has 88 valence electrons. The minimum atomic E-state index is -3.08. The third-order valence-corrected chi connectivity index (χ3v) is 1.84. The van der Waals surface area contributed by atoms with Crippen LogP contribution in [-0.4, -0.2) is 34.5 Å². The Kier molecular flexibility index (Phi) is 7.02. The van der Waals surface area contributed by atoms with Gasteiger partial charge in [0.15, 0.2) is 9.84 Å². The van der Waals surface area contributed by atoms with Crippen molar-refractivity contribution in [1.82, 2.24) is 0 Å². The minimum Gasteiger partial charge on any atom is -0.382 e. The maximum atomic E-state index is 10.6. The normalized spacial score (nSPS) is 14.9. The molecule has 0 aliphatic rings. The van der Waals surface area contributed by atoms with Gasteiger partial charge in [-0.2, -0.15) is 4.89 Å². The first kappa shape index (κ1) is 14.2. The molecule has 0 saturated heterocycles. The SMILES string of the molecule is COCC(C)OO/C=C/C=C/S(C)(=O)=O. The molecular weight excluding hydrogens is 220 g/mol. The zero-order valence-corrected chi connectivity index (χ0v) is 9.86. The fraction of sp³-hybridized carbons (Fsp3) is 0.556. The van der Waals surface area contributed by atoms with Gasteiger partial charge >= 0.3 is 0 Å². The van der Waals surface area contributed by atoms with Crippen molar-refractivity contribution in [3.8, 4) is 0 Å². The van der Waals surface area contributed by atoms with Gasteiger partial charge in [-0.15, -0.1) is 0 Å². The van der Waals surface area contributed by atoms with E-state index in [1.54, 1.807) is 14.0 Å². The first-order chi connectivity index (χ1) is 6.95. The van der Waals surface area contributed by atoms with E-state index in [1.807, 2.05) is 0 Å². The molecule has 1 atom stereocenters. The summed E-state index contributed by atoms with van der Waals surface area (Å²) in [5.74, 6) is 0. The van der Waals surface area contributed by atoms with Crippen LogP contribution in [0.15, 0.2) is 23.8 Å². The van der Waals surface area contributed by atoms with E-state index >= 15 is 0 Å². The zero-order chi connectivity index (χ0) is 11.7. The van der Waals surface area contributed by atoms with E-state index in [9.17, 15) is 8.42 Å². The van der Waals surface area contributed by atoms with E-state index in [-0.39, 0.29) is 6.10 Å². The van der Waals surface area contributed by atoms with Gasteiger partial charge in [-0.05, 0) is 19.1 Å². The number of hydrogen-bond acceptors (Lipinski definition) is 5. The molecule has 1 unspecified atom stereocenters. The molecule has 0 rings (SSSR count). The summed E-state index contributed by atoms with van der Waals surface area (Å²) in [6, 6.07) is 0. The van der Waals surface area contributed by atoms with Crippen LogP contribution in [0, 0.1) is 0 Å². The predicted molar refractivity (Wildman–Crippen MR) is 56.6 cm³/mol. The molecular formula is C9H16O5S. The minimum absolute atomic E-state index is 0.182. The third kappa shape index (κ3) is 11.1. The van der Waals surface area contributed by atoms with E-state index in [0.29, 0.717) is 6.61 Å². The topological polar surface area (TPSA) is 61.8 Å². The fourth-order valence-corrected chi connectivity index (χ4v) is 1.03. The molecule has 0 N–H and O–H groups in total. The molecule has 0 aliphatic carbocycles. The lowest BCUT2D eigenvalue weighted by Gasteiger charge is -2.07. The standard InChI is InChI=1S/C9H16O5S/c1-9(8-12-2)14-13-6-4-5-7-15(3,10)11/h4-7,9H,8H2,1-3H3/b6-4+,7-5+. The molecule has 0 aromatic heterocycles. The van der Waals surface area contributed by atoms with Gasteiger partial charge in [0.05, 0.1) is 6.61 Å². The second kappa shape index (κ2) is 7.44. The van der Waals surface area contributed by atoms with Crippen molar-refractivity contribution in [2.24, 2.45) is 0 Å². The zero-order valence-electron chi connectivity index (χ0n) is 9.04. The quantitative estimate of drug-likeness (QED) is 0.286. The van der Waals surface area contributed by atoms with Crippen LogP contribution in [0.5, 0.6) is 0 Å². The average Bonchev–Trinajstić information content (AvgIpc) is 2.09. The maximum Gasteiger partial charge on any atom is 0.168 e. The van der Waals surface area contributed by atoms with Crippen molar-refractivity contribution in [2.45, 2.75) is 13.0 Å². The summed E-state index contributed by atoms with van der Waals surface area (Å²) in [4.78, 5) is 9.48. The summed E-state index contributed by atoms with van der Waals surface area (Å²) in [6.07, 6.45) is 4.93. The highest BCUT2D eigenvalue weighted by Gasteiger charge is 1.99. The van der Waals surface area contributed by atoms with Crippen LogP contribution in [-0.2, 0) is 24.3 Å². The van der Waals surface area contributed by atoms with Crippen molar-refractivity contribution < 1.29 is 22.9 Å². The van der Waals surface area contributed by atoms with Gasteiger partial charge in [-0.1, -0.05) is 0 Å². The van der Waals surface area contributed by atoms with Gasteiger partial charge in [0.2, 0.25) is 0 Å². The Morgan fingerprint density at radius 3 is 2.53 bits per heavy atom. The highest BCUT2D eigenvalue weighted by atomic mass is 32.2. The van der Waals surface area contributed by atoms with Crippen LogP contribution in [0.2, 0.25) is 0 Å². The van der Waals surface area contributed by atoms with Crippen molar-refractivity contribution in [3.05, 3.63) is 23.8 Å². The summed E-state index contributed by atoms with van der Waals surface area (Å²) < 4.78 is 26.1. The van der Waals surface area contributed by atoms with Gasteiger partial charge in [0.25, 0.3) is 0 Å². The first-order valence-electron chi connectivity index (χ1n) is 4.30. The van der Waals surface area contributed by atoms with Gasteiger partial charge in [-0.25, -0.2) is 8.42 Å². The Morgan fingerprint density at radius 1 is 1.33 bits per heavy atom. The molecule has 6 heteroatoms. The number of rotatable bonds is 7. The Morgan fingerprint density at radius 2 is 2.00 bits per heavy atom. The van der Waals surface area contributed by atoms with Crippen molar-refractivity contribution in [3.63, 3.8) is 0 Å². The number of sulfone groups is 1. The average molecular weight is 236 g/mol.